The van der Waals surface area contributed by atoms with E-state index >= 15 is 0 Å². The first-order valence-corrected chi connectivity index (χ1v) is 5.73. The second-order valence-corrected chi connectivity index (χ2v) is 3.95. The van der Waals surface area contributed by atoms with Gasteiger partial charge in [0.25, 0.3) is 0 Å². The number of hydrogen-bond donors (Lipinski definition) is 1. The summed E-state index contributed by atoms with van der Waals surface area (Å²) in [5.74, 6) is -0.134. The van der Waals surface area contributed by atoms with Crippen LogP contribution in [0.3, 0.4) is 0 Å². The van der Waals surface area contributed by atoms with Crippen molar-refractivity contribution in [1.82, 2.24) is 5.32 Å². The highest BCUT2D eigenvalue weighted by Crippen LogP contribution is 2.10. The fraction of sp³-hybridized carbons (Fsp3) is 0.909. The van der Waals surface area contributed by atoms with Gasteiger partial charge in [-0.05, 0) is 26.7 Å². The van der Waals surface area contributed by atoms with E-state index in [1.807, 2.05) is 13.8 Å². The molecule has 1 fully saturated rings. The van der Waals surface area contributed by atoms with Crippen LogP contribution in [0.1, 0.15) is 33.1 Å². The van der Waals surface area contributed by atoms with Crippen LogP contribution in [0.2, 0.25) is 0 Å². The molecule has 1 N–H and O–H groups in total. The molecule has 0 aliphatic carbocycles. The highest BCUT2D eigenvalue weighted by molar-refractivity contribution is 5.69. The molecular weight excluding hydrogens is 194 g/mol. The summed E-state index contributed by atoms with van der Waals surface area (Å²) in [6.07, 6.45) is 3.04. The number of carbonyl (C=O) groups excluding carboxylic acids is 1. The van der Waals surface area contributed by atoms with Gasteiger partial charge in [-0.15, -0.1) is 0 Å². The predicted octanol–water partition coefficient (Wildman–Crippen LogP) is 1.10. The average molecular weight is 215 g/mol. The lowest BCUT2D eigenvalue weighted by molar-refractivity contribution is -0.143. The van der Waals surface area contributed by atoms with E-state index in [9.17, 15) is 4.79 Å². The summed E-state index contributed by atoms with van der Waals surface area (Å²) >= 11 is 0. The van der Waals surface area contributed by atoms with E-state index in [-0.39, 0.29) is 12.0 Å². The van der Waals surface area contributed by atoms with Gasteiger partial charge in [-0.3, -0.25) is 4.79 Å². The van der Waals surface area contributed by atoms with Gasteiger partial charge >= 0.3 is 5.97 Å². The molecule has 0 aromatic heterocycles. The van der Waals surface area contributed by atoms with Crippen molar-refractivity contribution in [3.63, 3.8) is 0 Å². The van der Waals surface area contributed by atoms with Crippen LogP contribution in [0.5, 0.6) is 0 Å². The van der Waals surface area contributed by atoms with Crippen LogP contribution >= 0.6 is 0 Å². The molecule has 1 rings (SSSR count). The van der Waals surface area contributed by atoms with Crippen LogP contribution in [0.25, 0.3) is 0 Å². The minimum Gasteiger partial charge on any atom is -0.466 e. The Labute approximate surface area is 91.3 Å². The van der Waals surface area contributed by atoms with Crippen molar-refractivity contribution in [1.29, 1.82) is 0 Å². The van der Waals surface area contributed by atoms with Gasteiger partial charge in [-0.2, -0.15) is 0 Å². The van der Waals surface area contributed by atoms with Crippen LogP contribution in [-0.2, 0) is 14.3 Å². The zero-order valence-corrected chi connectivity index (χ0v) is 9.62. The molecule has 1 aliphatic heterocycles. The molecule has 0 radical (unpaired) electrons. The molecule has 4 heteroatoms. The molecule has 15 heavy (non-hydrogen) atoms. The summed E-state index contributed by atoms with van der Waals surface area (Å²) in [5.41, 5.74) is 0. The van der Waals surface area contributed by atoms with Crippen LogP contribution < -0.4 is 5.32 Å². The topological polar surface area (TPSA) is 47.6 Å². The largest absolute Gasteiger partial charge is 0.466 e. The standard InChI is InChI=1S/C11H21NO3/c1-3-14-11(13)7-9(2)12-8-10-5-4-6-15-10/h9-10,12H,3-8H2,1-2H3. The van der Waals surface area contributed by atoms with E-state index in [0.29, 0.717) is 19.1 Å². The molecule has 1 aliphatic rings. The Morgan fingerprint density at radius 2 is 2.47 bits per heavy atom. The minimum atomic E-state index is -0.134. The van der Waals surface area contributed by atoms with Gasteiger partial charge in [-0.1, -0.05) is 0 Å². The number of hydrogen-bond acceptors (Lipinski definition) is 4. The smallest absolute Gasteiger partial charge is 0.307 e. The second kappa shape index (κ2) is 6.80. The first-order valence-electron chi connectivity index (χ1n) is 5.73. The fourth-order valence-electron chi connectivity index (χ4n) is 1.68. The predicted molar refractivity (Wildman–Crippen MR) is 57.7 cm³/mol. The maximum atomic E-state index is 11.2. The normalized spacial score (nSPS) is 22.7. The lowest BCUT2D eigenvalue weighted by atomic mass is 10.2. The third kappa shape index (κ3) is 5.14. The summed E-state index contributed by atoms with van der Waals surface area (Å²) < 4.78 is 10.4. The number of nitrogens with one attached hydrogen (secondary N) is 1. The lowest BCUT2D eigenvalue weighted by Crippen LogP contribution is -2.35. The van der Waals surface area contributed by atoms with E-state index in [4.69, 9.17) is 9.47 Å². The molecule has 1 heterocycles. The van der Waals surface area contributed by atoms with Crippen molar-refractivity contribution in [2.75, 3.05) is 19.8 Å². The maximum Gasteiger partial charge on any atom is 0.307 e. The number of rotatable bonds is 6. The summed E-state index contributed by atoms with van der Waals surface area (Å²) in [6.45, 7) is 5.98. The molecule has 0 amide bonds. The van der Waals surface area contributed by atoms with Gasteiger partial charge in [0.15, 0.2) is 0 Å². The van der Waals surface area contributed by atoms with Crippen molar-refractivity contribution >= 4 is 5.97 Å². The van der Waals surface area contributed by atoms with Crippen molar-refractivity contribution in [2.24, 2.45) is 0 Å². The molecule has 4 nitrogen and oxygen atoms in total. The van der Waals surface area contributed by atoms with E-state index in [1.165, 1.54) is 0 Å². The van der Waals surface area contributed by atoms with Gasteiger partial charge in [-0.25, -0.2) is 0 Å². The van der Waals surface area contributed by atoms with Crippen molar-refractivity contribution in [2.45, 2.75) is 45.3 Å². The molecule has 2 unspecified atom stereocenters. The molecule has 2 atom stereocenters. The third-order valence-corrected chi connectivity index (χ3v) is 2.50. The minimum absolute atomic E-state index is 0.134. The Balaban J connectivity index is 2.06. The van der Waals surface area contributed by atoms with Gasteiger partial charge in [0.05, 0.1) is 19.1 Å². The van der Waals surface area contributed by atoms with Crippen molar-refractivity contribution < 1.29 is 14.3 Å². The van der Waals surface area contributed by atoms with E-state index in [2.05, 4.69) is 5.32 Å². The Kier molecular flexibility index (Phi) is 5.65. The molecule has 0 spiro atoms. The van der Waals surface area contributed by atoms with Crippen molar-refractivity contribution in [3.05, 3.63) is 0 Å². The number of ether oxygens (including phenoxy) is 2. The van der Waals surface area contributed by atoms with Gasteiger partial charge in [0.1, 0.15) is 0 Å². The first kappa shape index (κ1) is 12.5. The zero-order valence-electron chi connectivity index (χ0n) is 9.62. The monoisotopic (exact) mass is 215 g/mol. The molecule has 0 aromatic rings. The first-order chi connectivity index (χ1) is 7.22. The Hall–Kier alpha value is -0.610. The molecular formula is C11H21NO3. The average Bonchev–Trinajstić information content (AvgIpc) is 2.67. The Morgan fingerprint density at radius 3 is 3.07 bits per heavy atom. The van der Waals surface area contributed by atoms with Crippen LogP contribution in [0.15, 0.2) is 0 Å². The van der Waals surface area contributed by atoms with Crippen LogP contribution in [0, 0.1) is 0 Å². The van der Waals surface area contributed by atoms with Crippen LogP contribution in [0.4, 0.5) is 0 Å². The highest BCUT2D eigenvalue weighted by Gasteiger charge is 2.17. The van der Waals surface area contributed by atoms with E-state index in [0.717, 1.165) is 26.0 Å². The van der Waals surface area contributed by atoms with Gasteiger partial charge in [0.2, 0.25) is 0 Å². The maximum absolute atomic E-state index is 11.2. The third-order valence-electron chi connectivity index (χ3n) is 2.50. The SMILES string of the molecule is CCOC(=O)CC(C)NCC1CCCO1. The fourth-order valence-corrected chi connectivity index (χ4v) is 1.68. The zero-order chi connectivity index (χ0) is 11.1. The lowest BCUT2D eigenvalue weighted by Gasteiger charge is -2.16. The molecule has 0 saturated carbocycles. The number of esters is 1. The summed E-state index contributed by atoms with van der Waals surface area (Å²) in [5, 5.41) is 3.29. The molecule has 0 aromatic carbocycles. The van der Waals surface area contributed by atoms with E-state index in [1.54, 1.807) is 0 Å². The van der Waals surface area contributed by atoms with Gasteiger partial charge < -0.3 is 14.8 Å². The van der Waals surface area contributed by atoms with E-state index < -0.39 is 0 Å². The van der Waals surface area contributed by atoms with Gasteiger partial charge in [0, 0.05) is 19.2 Å². The molecule has 88 valence electrons. The second-order valence-electron chi connectivity index (χ2n) is 3.95. The number of carbonyl (C=O) groups is 1. The molecule has 0 bridgehead atoms. The quantitative estimate of drug-likeness (QED) is 0.674. The summed E-state index contributed by atoms with van der Waals surface area (Å²) in [4.78, 5) is 11.2. The summed E-state index contributed by atoms with van der Waals surface area (Å²) in [6, 6.07) is 0.160. The Bertz CT molecular complexity index is 190. The highest BCUT2D eigenvalue weighted by atomic mass is 16.5. The van der Waals surface area contributed by atoms with Crippen molar-refractivity contribution in [3.8, 4) is 0 Å². The summed E-state index contributed by atoms with van der Waals surface area (Å²) in [7, 11) is 0. The van der Waals surface area contributed by atoms with Crippen LogP contribution in [-0.4, -0.2) is 37.9 Å². The molecule has 1 saturated heterocycles. The Morgan fingerprint density at radius 1 is 1.67 bits per heavy atom.